The molecule has 7 heteroatoms. The predicted octanol–water partition coefficient (Wildman–Crippen LogP) is 4.32. The number of carboxylic acid groups (broad SMARTS) is 1. The molecule has 0 aliphatic heterocycles. The molecule has 0 aliphatic carbocycles. The van der Waals surface area contributed by atoms with Crippen molar-refractivity contribution in [2.75, 3.05) is 5.32 Å². The first-order valence-electron chi connectivity index (χ1n) is 7.04. The van der Waals surface area contributed by atoms with Crippen molar-refractivity contribution < 1.29 is 18.9 Å². The highest BCUT2D eigenvalue weighted by molar-refractivity contribution is 7.13. The molecule has 0 radical (unpaired) electrons. The minimum absolute atomic E-state index is 0.189. The molecule has 0 aliphatic rings. The Morgan fingerprint density at radius 2 is 1.83 bits per heavy atom. The van der Waals surface area contributed by atoms with E-state index in [2.05, 4.69) is 5.32 Å². The van der Waals surface area contributed by atoms with Crippen LogP contribution in [0.2, 0.25) is 5.02 Å². The van der Waals surface area contributed by atoms with Gasteiger partial charge in [0.05, 0.1) is 0 Å². The van der Waals surface area contributed by atoms with Gasteiger partial charge in [-0.2, -0.15) is 0 Å². The second-order valence-corrected chi connectivity index (χ2v) is 6.34. The summed E-state index contributed by atoms with van der Waals surface area (Å²) in [6.07, 6.45) is 0. The number of aliphatic carboxylic acids is 1. The van der Waals surface area contributed by atoms with E-state index in [1.54, 1.807) is 28.8 Å². The second-order valence-electron chi connectivity index (χ2n) is 5.04. The average Bonchev–Trinajstić information content (AvgIpc) is 2.92. The summed E-state index contributed by atoms with van der Waals surface area (Å²) in [5.41, 5.74) is 2.31. The third-order valence-electron chi connectivity index (χ3n) is 3.35. The number of nitrogens with one attached hydrogen (secondary N) is 1. The van der Waals surface area contributed by atoms with Gasteiger partial charge in [-0.3, -0.25) is 0 Å². The molecule has 0 unspecified atom stereocenters. The van der Waals surface area contributed by atoms with E-state index in [1.807, 2.05) is 17.5 Å². The number of rotatable bonds is 5. The van der Waals surface area contributed by atoms with E-state index in [0.29, 0.717) is 15.8 Å². The van der Waals surface area contributed by atoms with E-state index in [4.69, 9.17) is 11.6 Å². The average molecular weight is 364 g/mol. The fraction of sp³-hybridized carbons (Fsp3) is 0.0588. The maximum atomic E-state index is 13.0. The van der Waals surface area contributed by atoms with Gasteiger partial charge in [-0.15, -0.1) is 0 Å². The summed E-state index contributed by atoms with van der Waals surface area (Å²) < 4.78 is 14.7. The molecule has 0 fully saturated rings. The van der Waals surface area contributed by atoms with Crippen LogP contribution in [-0.4, -0.2) is 11.1 Å². The van der Waals surface area contributed by atoms with Crippen molar-refractivity contribution in [3.63, 3.8) is 0 Å². The molecule has 3 rings (SSSR count). The highest BCUT2D eigenvalue weighted by Crippen LogP contribution is 2.26. The molecule has 0 atom stereocenters. The van der Waals surface area contributed by atoms with E-state index in [1.165, 1.54) is 23.5 Å². The van der Waals surface area contributed by atoms with Gasteiger partial charge in [0, 0.05) is 16.0 Å². The van der Waals surface area contributed by atoms with Crippen LogP contribution < -0.4 is 9.88 Å². The fourth-order valence-corrected chi connectivity index (χ4v) is 3.32. The number of benzene rings is 2. The third-order valence-corrected chi connectivity index (χ3v) is 4.49. The number of nitrogens with zero attached hydrogens (tertiary/aromatic N) is 1. The van der Waals surface area contributed by atoms with Crippen molar-refractivity contribution in [2.24, 2.45) is 0 Å². The maximum Gasteiger partial charge on any atom is 0.346 e. The van der Waals surface area contributed by atoms with Crippen molar-refractivity contribution in [1.82, 2.24) is 0 Å². The minimum atomic E-state index is -0.948. The Morgan fingerprint density at radius 1 is 1.17 bits per heavy atom. The summed E-state index contributed by atoms with van der Waals surface area (Å²) in [5.74, 6) is -1.28. The van der Waals surface area contributed by atoms with Crippen molar-refractivity contribution in [3.8, 4) is 11.3 Å². The zero-order chi connectivity index (χ0) is 17.1. The van der Waals surface area contributed by atoms with Gasteiger partial charge in [0.25, 0.3) is 0 Å². The Kier molecular flexibility index (Phi) is 4.78. The predicted molar refractivity (Wildman–Crippen MR) is 92.3 cm³/mol. The van der Waals surface area contributed by atoms with Gasteiger partial charge in [0.1, 0.15) is 17.2 Å². The lowest BCUT2D eigenvalue weighted by atomic mass is 10.2. The third kappa shape index (κ3) is 3.72. The first-order valence-corrected chi connectivity index (χ1v) is 8.30. The molecule has 0 amide bonds. The molecular formula is C17H13ClFN2O2S+. The molecule has 24 heavy (non-hydrogen) atoms. The van der Waals surface area contributed by atoms with Crippen LogP contribution in [-0.2, 0) is 11.3 Å². The van der Waals surface area contributed by atoms with Gasteiger partial charge in [0.15, 0.2) is 6.54 Å². The monoisotopic (exact) mass is 363 g/mol. The summed E-state index contributed by atoms with van der Waals surface area (Å²) >= 11 is 7.29. The number of thiazole rings is 1. The molecule has 0 spiro atoms. The van der Waals surface area contributed by atoms with Crippen molar-refractivity contribution >= 4 is 39.7 Å². The van der Waals surface area contributed by atoms with Gasteiger partial charge in [-0.25, -0.2) is 19.1 Å². The number of hydrogen-bond donors (Lipinski definition) is 2. The molecule has 122 valence electrons. The van der Waals surface area contributed by atoms with Gasteiger partial charge in [-0.1, -0.05) is 22.9 Å². The van der Waals surface area contributed by atoms with Crippen LogP contribution in [0.25, 0.3) is 11.3 Å². The molecule has 0 saturated carbocycles. The summed E-state index contributed by atoms with van der Waals surface area (Å²) in [7, 11) is 0. The molecule has 2 N–H and O–H groups in total. The fourth-order valence-electron chi connectivity index (χ4n) is 2.24. The van der Waals surface area contributed by atoms with E-state index in [9.17, 15) is 14.3 Å². The molecule has 1 aromatic heterocycles. The minimum Gasteiger partial charge on any atom is -0.478 e. The summed E-state index contributed by atoms with van der Waals surface area (Å²) in [6, 6.07) is 13.1. The summed E-state index contributed by atoms with van der Waals surface area (Å²) in [5, 5.41) is 15.5. The highest BCUT2D eigenvalue weighted by Gasteiger charge is 2.22. The van der Waals surface area contributed by atoms with E-state index >= 15 is 0 Å². The molecular weight excluding hydrogens is 351 g/mol. The van der Waals surface area contributed by atoms with Gasteiger partial charge >= 0.3 is 11.1 Å². The highest BCUT2D eigenvalue weighted by atomic mass is 35.5. The van der Waals surface area contributed by atoms with Crippen LogP contribution in [0.5, 0.6) is 0 Å². The maximum absolute atomic E-state index is 13.0. The number of carboxylic acids is 1. The number of carbonyl (C=O) groups is 1. The summed E-state index contributed by atoms with van der Waals surface area (Å²) in [4.78, 5) is 11.2. The van der Waals surface area contributed by atoms with Crippen molar-refractivity contribution in [2.45, 2.75) is 6.54 Å². The van der Waals surface area contributed by atoms with E-state index in [-0.39, 0.29) is 12.4 Å². The molecule has 3 aromatic rings. The smallest absolute Gasteiger partial charge is 0.346 e. The Morgan fingerprint density at radius 3 is 2.46 bits per heavy atom. The molecule has 4 nitrogen and oxygen atoms in total. The quantitative estimate of drug-likeness (QED) is 0.664. The van der Waals surface area contributed by atoms with E-state index in [0.717, 1.165) is 11.3 Å². The normalized spacial score (nSPS) is 10.6. The Balaban J connectivity index is 1.98. The van der Waals surface area contributed by atoms with Crippen LogP contribution in [0.3, 0.4) is 0 Å². The first kappa shape index (κ1) is 16.4. The molecule has 0 saturated heterocycles. The number of halogens is 2. The lowest BCUT2D eigenvalue weighted by Crippen LogP contribution is -2.40. The zero-order valence-corrected chi connectivity index (χ0v) is 13.9. The van der Waals surface area contributed by atoms with Crippen LogP contribution in [0.4, 0.5) is 15.2 Å². The lowest BCUT2D eigenvalue weighted by molar-refractivity contribution is -0.656. The topological polar surface area (TPSA) is 53.2 Å². The van der Waals surface area contributed by atoms with E-state index < -0.39 is 5.97 Å². The molecule has 0 bridgehead atoms. The number of hydrogen-bond acceptors (Lipinski definition) is 3. The zero-order valence-electron chi connectivity index (χ0n) is 12.4. The Bertz CT molecular complexity index is 863. The largest absolute Gasteiger partial charge is 0.478 e. The van der Waals surface area contributed by atoms with Crippen LogP contribution >= 0.6 is 22.9 Å². The number of aromatic nitrogens is 1. The van der Waals surface area contributed by atoms with Crippen LogP contribution in [0.15, 0.2) is 53.9 Å². The second kappa shape index (κ2) is 6.98. The standard InChI is InChI=1S/C17H12ClFN2O2S/c18-12-3-1-11(2-4-12)15-10-24-17(21(15)9-16(22)23)20-14-7-5-13(19)6-8-14/h1-8,10H,9H2,(H,22,23)/p+1. The van der Waals surface area contributed by atoms with Crippen LogP contribution in [0, 0.1) is 5.82 Å². The molecule has 2 aromatic carbocycles. The lowest BCUT2D eigenvalue weighted by Gasteiger charge is -2.04. The number of anilines is 2. The Hall–Kier alpha value is -2.44. The van der Waals surface area contributed by atoms with Crippen molar-refractivity contribution in [3.05, 3.63) is 64.8 Å². The van der Waals surface area contributed by atoms with Gasteiger partial charge < -0.3 is 5.11 Å². The van der Waals surface area contributed by atoms with Crippen molar-refractivity contribution in [1.29, 1.82) is 0 Å². The SMILES string of the molecule is O=C(O)C[n+]1c(-c2ccc(Cl)cc2)csc1Nc1ccc(F)cc1. The van der Waals surface area contributed by atoms with Crippen LogP contribution in [0.1, 0.15) is 0 Å². The summed E-state index contributed by atoms with van der Waals surface area (Å²) in [6.45, 7) is -0.189. The Labute approximate surface area is 146 Å². The molecule has 1 heterocycles. The van der Waals surface area contributed by atoms with Gasteiger partial charge in [-0.05, 0) is 48.5 Å². The van der Waals surface area contributed by atoms with Gasteiger partial charge in [0.2, 0.25) is 0 Å². The first-order chi connectivity index (χ1) is 11.5.